The van der Waals surface area contributed by atoms with Gasteiger partial charge in [-0.1, -0.05) is 54.6 Å². The standard InChI is InChI=1S/C24H22N2O6/c1-15(27)18-8-10-19(11-9-18)20-12-13-21(32-20)23(29)31-16(2)22(28)26-24(30)25-14-17-6-4-3-5-7-17/h3-13,16H,14H2,1-2H3,(H2,25,26,28,30)/t16-/m1/s1. The van der Waals surface area contributed by atoms with Gasteiger partial charge in [-0.05, 0) is 31.5 Å². The van der Waals surface area contributed by atoms with E-state index in [1.165, 1.54) is 19.9 Å². The lowest BCUT2D eigenvalue weighted by atomic mass is 10.1. The van der Waals surface area contributed by atoms with Gasteiger partial charge in [0, 0.05) is 17.7 Å². The van der Waals surface area contributed by atoms with Crippen molar-refractivity contribution in [2.75, 3.05) is 0 Å². The maximum Gasteiger partial charge on any atom is 0.375 e. The molecule has 2 aromatic carbocycles. The monoisotopic (exact) mass is 434 g/mol. The van der Waals surface area contributed by atoms with E-state index in [2.05, 4.69) is 10.6 Å². The summed E-state index contributed by atoms with van der Waals surface area (Å²) in [7, 11) is 0. The maximum atomic E-state index is 12.3. The van der Waals surface area contributed by atoms with Gasteiger partial charge in [-0.25, -0.2) is 9.59 Å². The summed E-state index contributed by atoms with van der Waals surface area (Å²) >= 11 is 0. The van der Waals surface area contributed by atoms with Gasteiger partial charge < -0.3 is 14.5 Å². The molecule has 3 rings (SSSR count). The smallest absolute Gasteiger partial charge is 0.375 e. The van der Waals surface area contributed by atoms with Crippen molar-refractivity contribution in [3.05, 3.63) is 83.6 Å². The molecule has 0 aliphatic carbocycles. The minimum absolute atomic E-state index is 0.0544. The lowest BCUT2D eigenvalue weighted by Crippen LogP contribution is -2.44. The van der Waals surface area contributed by atoms with Crippen molar-refractivity contribution < 1.29 is 28.3 Å². The Balaban J connectivity index is 1.52. The van der Waals surface area contributed by atoms with E-state index in [4.69, 9.17) is 9.15 Å². The van der Waals surface area contributed by atoms with Gasteiger partial charge in [-0.15, -0.1) is 0 Å². The van der Waals surface area contributed by atoms with Crippen molar-refractivity contribution in [1.29, 1.82) is 0 Å². The van der Waals surface area contributed by atoms with Crippen LogP contribution in [0, 0.1) is 0 Å². The minimum atomic E-state index is -1.21. The predicted octanol–water partition coefficient (Wildman–Crippen LogP) is 3.72. The SMILES string of the molecule is CC(=O)c1ccc(-c2ccc(C(=O)O[C@H](C)C(=O)NC(=O)NCc3ccccc3)o2)cc1. The van der Waals surface area contributed by atoms with Gasteiger partial charge in [-0.2, -0.15) is 0 Å². The highest BCUT2D eigenvalue weighted by Crippen LogP contribution is 2.23. The van der Waals surface area contributed by atoms with Crippen LogP contribution in [0.2, 0.25) is 0 Å². The van der Waals surface area contributed by atoms with E-state index in [-0.39, 0.29) is 18.1 Å². The summed E-state index contributed by atoms with van der Waals surface area (Å²) < 4.78 is 10.6. The molecule has 0 aliphatic heterocycles. The second-order valence-electron chi connectivity index (χ2n) is 7.00. The number of benzene rings is 2. The fraction of sp³-hybridized carbons (Fsp3) is 0.167. The Kier molecular flexibility index (Phi) is 7.17. The van der Waals surface area contributed by atoms with Crippen LogP contribution < -0.4 is 10.6 Å². The van der Waals surface area contributed by atoms with Crippen molar-refractivity contribution >= 4 is 23.7 Å². The van der Waals surface area contributed by atoms with E-state index < -0.39 is 24.0 Å². The van der Waals surface area contributed by atoms with Crippen LogP contribution in [0.5, 0.6) is 0 Å². The van der Waals surface area contributed by atoms with E-state index in [9.17, 15) is 19.2 Å². The molecule has 1 heterocycles. The molecule has 0 saturated carbocycles. The Morgan fingerprint density at radius 2 is 1.62 bits per heavy atom. The molecule has 1 atom stereocenters. The predicted molar refractivity (Wildman–Crippen MR) is 116 cm³/mol. The van der Waals surface area contributed by atoms with Gasteiger partial charge >= 0.3 is 12.0 Å². The van der Waals surface area contributed by atoms with Gasteiger partial charge in [0.1, 0.15) is 5.76 Å². The fourth-order valence-electron chi connectivity index (χ4n) is 2.78. The number of carbonyl (C=O) groups is 4. The number of imide groups is 1. The molecule has 0 radical (unpaired) electrons. The third-order valence-corrected chi connectivity index (χ3v) is 4.57. The van der Waals surface area contributed by atoms with E-state index in [1.807, 2.05) is 30.3 Å². The van der Waals surface area contributed by atoms with Gasteiger partial charge in [0.2, 0.25) is 5.76 Å². The summed E-state index contributed by atoms with van der Waals surface area (Å²) in [5, 5.41) is 4.68. The number of hydrogen-bond acceptors (Lipinski definition) is 6. The number of hydrogen-bond donors (Lipinski definition) is 2. The van der Waals surface area contributed by atoms with Crippen LogP contribution in [0.15, 0.2) is 71.1 Å². The first kappa shape index (κ1) is 22.5. The van der Waals surface area contributed by atoms with E-state index in [1.54, 1.807) is 30.3 Å². The first-order valence-electron chi connectivity index (χ1n) is 9.88. The zero-order valence-corrected chi connectivity index (χ0v) is 17.6. The summed E-state index contributed by atoms with van der Waals surface area (Å²) in [6.45, 7) is 3.07. The Labute approximate surface area is 184 Å². The Morgan fingerprint density at radius 3 is 2.28 bits per heavy atom. The number of furan rings is 1. The summed E-state index contributed by atoms with van der Waals surface area (Å²) in [5.41, 5.74) is 2.11. The molecule has 8 heteroatoms. The molecule has 0 fully saturated rings. The number of nitrogens with one attached hydrogen (secondary N) is 2. The molecule has 32 heavy (non-hydrogen) atoms. The van der Waals surface area contributed by atoms with Crippen molar-refractivity contribution in [3.63, 3.8) is 0 Å². The third kappa shape index (κ3) is 5.91. The molecule has 0 bridgehead atoms. The Hall–Kier alpha value is -4.20. The van der Waals surface area contributed by atoms with Crippen LogP contribution >= 0.6 is 0 Å². The topological polar surface area (TPSA) is 115 Å². The number of ether oxygens (including phenoxy) is 1. The Morgan fingerprint density at radius 1 is 0.938 bits per heavy atom. The molecular weight excluding hydrogens is 412 g/mol. The molecule has 0 saturated heterocycles. The molecule has 0 unspecified atom stereocenters. The number of urea groups is 1. The van der Waals surface area contributed by atoms with Crippen molar-refractivity contribution in [1.82, 2.24) is 10.6 Å². The quantitative estimate of drug-likeness (QED) is 0.433. The van der Waals surface area contributed by atoms with Crippen LogP contribution in [0.1, 0.15) is 40.3 Å². The number of ketones is 1. The largest absolute Gasteiger partial charge is 0.449 e. The molecule has 1 aromatic heterocycles. The number of Topliss-reactive ketones (excluding diaryl/α,β-unsaturated/α-hetero) is 1. The molecule has 0 aliphatic rings. The lowest BCUT2D eigenvalue weighted by Gasteiger charge is -2.12. The molecular formula is C24H22N2O6. The normalized spacial score (nSPS) is 11.3. The number of rotatable bonds is 7. The second-order valence-corrected chi connectivity index (χ2v) is 7.00. The molecule has 0 spiro atoms. The maximum absolute atomic E-state index is 12.3. The van der Waals surface area contributed by atoms with E-state index in [0.29, 0.717) is 16.9 Å². The third-order valence-electron chi connectivity index (χ3n) is 4.57. The van der Waals surface area contributed by atoms with Gasteiger partial charge in [0.05, 0.1) is 0 Å². The first-order valence-corrected chi connectivity index (χ1v) is 9.88. The van der Waals surface area contributed by atoms with Crippen LogP contribution in [0.3, 0.4) is 0 Å². The molecule has 3 amide bonds. The molecule has 3 aromatic rings. The van der Waals surface area contributed by atoms with Crippen LogP contribution in [-0.2, 0) is 16.1 Å². The number of amides is 3. The van der Waals surface area contributed by atoms with Gasteiger partial charge in [-0.3, -0.25) is 14.9 Å². The highest BCUT2D eigenvalue weighted by molar-refractivity contribution is 5.98. The van der Waals surface area contributed by atoms with Gasteiger partial charge in [0.15, 0.2) is 11.9 Å². The zero-order chi connectivity index (χ0) is 23.1. The first-order chi connectivity index (χ1) is 15.3. The highest BCUT2D eigenvalue weighted by Gasteiger charge is 2.23. The minimum Gasteiger partial charge on any atom is -0.449 e. The molecule has 8 nitrogen and oxygen atoms in total. The Bertz CT molecular complexity index is 1120. The molecule has 164 valence electrons. The average molecular weight is 434 g/mol. The zero-order valence-electron chi connectivity index (χ0n) is 17.6. The van der Waals surface area contributed by atoms with E-state index in [0.717, 1.165) is 5.56 Å². The number of carbonyl (C=O) groups excluding carboxylic acids is 4. The number of esters is 1. The summed E-state index contributed by atoms with van der Waals surface area (Å²) in [6.07, 6.45) is -1.21. The van der Waals surface area contributed by atoms with E-state index >= 15 is 0 Å². The summed E-state index contributed by atoms with van der Waals surface area (Å²) in [4.78, 5) is 47.7. The molecule has 2 N–H and O–H groups in total. The van der Waals surface area contributed by atoms with Crippen molar-refractivity contribution in [2.45, 2.75) is 26.5 Å². The summed E-state index contributed by atoms with van der Waals surface area (Å²) in [6, 6.07) is 18.2. The van der Waals surface area contributed by atoms with Gasteiger partial charge in [0.25, 0.3) is 5.91 Å². The van der Waals surface area contributed by atoms with Crippen LogP contribution in [-0.4, -0.2) is 29.8 Å². The van der Waals surface area contributed by atoms with Crippen LogP contribution in [0.25, 0.3) is 11.3 Å². The lowest BCUT2D eigenvalue weighted by molar-refractivity contribution is -0.128. The average Bonchev–Trinajstić information content (AvgIpc) is 3.29. The fourth-order valence-corrected chi connectivity index (χ4v) is 2.78. The summed E-state index contributed by atoms with van der Waals surface area (Å²) in [5.74, 6) is -1.35. The van der Waals surface area contributed by atoms with Crippen molar-refractivity contribution in [2.24, 2.45) is 0 Å². The second kappa shape index (κ2) is 10.2. The van der Waals surface area contributed by atoms with Crippen molar-refractivity contribution in [3.8, 4) is 11.3 Å². The van der Waals surface area contributed by atoms with Crippen LogP contribution in [0.4, 0.5) is 4.79 Å². The highest BCUT2D eigenvalue weighted by atomic mass is 16.6.